The summed E-state index contributed by atoms with van der Waals surface area (Å²) in [6.45, 7) is 0. The van der Waals surface area contributed by atoms with E-state index in [-0.39, 0.29) is 27.4 Å². The van der Waals surface area contributed by atoms with Crippen LogP contribution in [0.1, 0.15) is 0 Å². The predicted octanol–water partition coefficient (Wildman–Crippen LogP) is 2.80. The highest BCUT2D eigenvalue weighted by Gasteiger charge is 2.16. The summed E-state index contributed by atoms with van der Waals surface area (Å²) in [6, 6.07) is 2.79. The zero-order valence-corrected chi connectivity index (χ0v) is 14.0. The Morgan fingerprint density at radius 2 is 2.10 bits per heavy atom. The number of aromatic nitrogens is 4. The van der Waals surface area contributed by atoms with Gasteiger partial charge in [-0.2, -0.15) is 10.1 Å². The lowest BCUT2D eigenvalue weighted by molar-refractivity contribution is 0.429. The molecule has 1 aromatic carbocycles. The number of nitrogens with zero attached hydrogens (tertiary/aromatic N) is 4. The van der Waals surface area contributed by atoms with Crippen molar-refractivity contribution < 1.29 is 9.50 Å². The SMILES string of the molecule is Br.Cn1nc(-c2cc(F)c(O)c(Br)c2)c2cnc(N)nc21. The predicted molar refractivity (Wildman–Crippen MR) is 85.8 cm³/mol. The van der Waals surface area contributed by atoms with E-state index in [1.54, 1.807) is 24.0 Å². The van der Waals surface area contributed by atoms with Crippen molar-refractivity contribution in [3.63, 3.8) is 0 Å². The van der Waals surface area contributed by atoms with Gasteiger partial charge in [-0.3, -0.25) is 0 Å². The van der Waals surface area contributed by atoms with Crippen molar-refractivity contribution in [2.24, 2.45) is 7.05 Å². The maximum atomic E-state index is 13.6. The molecule has 0 radical (unpaired) electrons. The Bertz CT molecular complexity index is 813. The third-order valence-electron chi connectivity index (χ3n) is 2.89. The number of anilines is 1. The maximum Gasteiger partial charge on any atom is 0.222 e. The molecule has 3 rings (SSSR count). The highest BCUT2D eigenvalue weighted by Crippen LogP contribution is 2.34. The molecule has 2 heterocycles. The first-order valence-electron chi connectivity index (χ1n) is 5.61. The highest BCUT2D eigenvalue weighted by molar-refractivity contribution is 9.10. The van der Waals surface area contributed by atoms with Gasteiger partial charge < -0.3 is 10.8 Å². The molecule has 0 atom stereocenters. The molecule has 110 valence electrons. The molecular weight excluding hydrogens is 409 g/mol. The Kier molecular flexibility index (Phi) is 4.15. The number of halogens is 3. The van der Waals surface area contributed by atoms with Gasteiger partial charge in [-0.25, -0.2) is 14.1 Å². The molecule has 21 heavy (non-hydrogen) atoms. The number of nitrogen functional groups attached to an aromatic ring is 1. The first-order valence-corrected chi connectivity index (χ1v) is 6.40. The number of aromatic hydroxyl groups is 1. The number of benzene rings is 1. The Morgan fingerprint density at radius 1 is 1.38 bits per heavy atom. The summed E-state index contributed by atoms with van der Waals surface area (Å²) in [6.07, 6.45) is 1.54. The van der Waals surface area contributed by atoms with Gasteiger partial charge >= 0.3 is 0 Å². The fourth-order valence-electron chi connectivity index (χ4n) is 1.97. The maximum absolute atomic E-state index is 13.6. The van der Waals surface area contributed by atoms with Crippen molar-refractivity contribution in [2.75, 3.05) is 5.73 Å². The Hall–Kier alpha value is -1.74. The van der Waals surface area contributed by atoms with Crippen LogP contribution in [0.15, 0.2) is 22.8 Å². The summed E-state index contributed by atoms with van der Waals surface area (Å²) in [5.74, 6) is -1.02. The van der Waals surface area contributed by atoms with Crippen molar-refractivity contribution >= 4 is 49.9 Å². The first kappa shape index (κ1) is 15.6. The molecule has 0 aliphatic carbocycles. The zero-order valence-electron chi connectivity index (χ0n) is 10.7. The van der Waals surface area contributed by atoms with Gasteiger partial charge in [0.15, 0.2) is 17.2 Å². The van der Waals surface area contributed by atoms with Gasteiger partial charge in [0.05, 0.1) is 9.86 Å². The average Bonchev–Trinajstić information content (AvgIpc) is 2.72. The number of hydrogen-bond donors (Lipinski definition) is 2. The molecule has 9 heteroatoms. The lowest BCUT2D eigenvalue weighted by Crippen LogP contribution is -1.97. The number of phenolic OH excluding ortho intramolecular Hbond substituents is 1. The summed E-state index contributed by atoms with van der Waals surface area (Å²) in [4.78, 5) is 8.02. The van der Waals surface area contributed by atoms with E-state index in [9.17, 15) is 9.50 Å². The number of hydrogen-bond acceptors (Lipinski definition) is 5. The van der Waals surface area contributed by atoms with E-state index in [2.05, 4.69) is 31.0 Å². The van der Waals surface area contributed by atoms with Crippen LogP contribution >= 0.6 is 32.9 Å². The van der Waals surface area contributed by atoms with E-state index >= 15 is 0 Å². The van der Waals surface area contributed by atoms with Crippen LogP contribution in [0.25, 0.3) is 22.3 Å². The van der Waals surface area contributed by atoms with Crippen molar-refractivity contribution in [3.8, 4) is 17.0 Å². The number of fused-ring (bicyclic) bond motifs is 1. The van der Waals surface area contributed by atoms with Gasteiger partial charge in [-0.1, -0.05) is 0 Å². The molecule has 3 N–H and O–H groups in total. The fraction of sp³-hybridized carbons (Fsp3) is 0.0833. The van der Waals surface area contributed by atoms with Gasteiger partial charge in [-0.15, -0.1) is 17.0 Å². The minimum atomic E-state index is -0.732. The molecule has 0 aliphatic heterocycles. The third-order valence-corrected chi connectivity index (χ3v) is 3.49. The van der Waals surface area contributed by atoms with Crippen LogP contribution in [0.5, 0.6) is 5.75 Å². The molecular formula is C12H10Br2FN5O. The van der Waals surface area contributed by atoms with Crippen molar-refractivity contribution in [2.45, 2.75) is 0 Å². The van der Waals surface area contributed by atoms with Crippen LogP contribution < -0.4 is 5.73 Å². The molecule has 0 saturated heterocycles. The smallest absolute Gasteiger partial charge is 0.222 e. The van der Waals surface area contributed by atoms with Crippen LogP contribution in [0.2, 0.25) is 0 Å². The molecule has 0 bridgehead atoms. The highest BCUT2D eigenvalue weighted by atomic mass is 79.9. The van der Waals surface area contributed by atoms with Crippen LogP contribution in [0.3, 0.4) is 0 Å². The van der Waals surface area contributed by atoms with Gasteiger partial charge in [0, 0.05) is 18.8 Å². The van der Waals surface area contributed by atoms with Crippen LogP contribution in [0, 0.1) is 5.82 Å². The topological polar surface area (TPSA) is 89.8 Å². The molecule has 0 amide bonds. The summed E-state index contributed by atoms with van der Waals surface area (Å²) in [5, 5.41) is 14.4. The molecule has 6 nitrogen and oxygen atoms in total. The van der Waals surface area contributed by atoms with E-state index in [4.69, 9.17) is 5.73 Å². The lowest BCUT2D eigenvalue weighted by atomic mass is 10.1. The van der Waals surface area contributed by atoms with Crippen molar-refractivity contribution in [1.82, 2.24) is 19.7 Å². The quantitative estimate of drug-likeness (QED) is 0.634. The largest absolute Gasteiger partial charge is 0.504 e. The van der Waals surface area contributed by atoms with E-state index in [1.807, 2.05) is 0 Å². The fourth-order valence-corrected chi connectivity index (χ4v) is 2.40. The average molecular weight is 419 g/mol. The number of phenols is 1. The summed E-state index contributed by atoms with van der Waals surface area (Å²) < 4.78 is 15.4. The zero-order chi connectivity index (χ0) is 14.4. The Labute approximate surface area is 137 Å². The van der Waals surface area contributed by atoms with E-state index < -0.39 is 11.6 Å². The second-order valence-electron chi connectivity index (χ2n) is 4.23. The minimum absolute atomic E-state index is 0. The number of nitrogens with two attached hydrogens (primary N) is 1. The lowest BCUT2D eigenvalue weighted by Gasteiger charge is -2.03. The first-order chi connectivity index (χ1) is 9.47. The normalized spacial score (nSPS) is 10.6. The van der Waals surface area contributed by atoms with Crippen molar-refractivity contribution in [3.05, 3.63) is 28.6 Å². The molecule has 2 aromatic heterocycles. The number of aryl methyl sites for hydroxylation is 1. The third kappa shape index (κ3) is 2.58. The van der Waals surface area contributed by atoms with E-state index in [1.165, 1.54) is 6.07 Å². The molecule has 0 aliphatic rings. The molecule has 0 fully saturated rings. The minimum Gasteiger partial charge on any atom is -0.504 e. The number of rotatable bonds is 1. The summed E-state index contributed by atoms with van der Waals surface area (Å²) in [7, 11) is 1.71. The molecule has 0 unspecified atom stereocenters. The van der Waals surface area contributed by atoms with Crippen LogP contribution in [0.4, 0.5) is 10.3 Å². The van der Waals surface area contributed by atoms with Gasteiger partial charge in [0.25, 0.3) is 0 Å². The Balaban J connectivity index is 0.00000161. The van der Waals surface area contributed by atoms with Crippen molar-refractivity contribution in [1.29, 1.82) is 0 Å². The van der Waals surface area contributed by atoms with E-state index in [0.29, 0.717) is 22.3 Å². The van der Waals surface area contributed by atoms with Gasteiger partial charge in [0.1, 0.15) is 5.69 Å². The molecule has 0 spiro atoms. The summed E-state index contributed by atoms with van der Waals surface area (Å²) in [5.41, 5.74) is 7.12. The van der Waals surface area contributed by atoms with Crippen LogP contribution in [-0.4, -0.2) is 24.9 Å². The van der Waals surface area contributed by atoms with Gasteiger partial charge in [0.2, 0.25) is 5.95 Å². The monoisotopic (exact) mass is 417 g/mol. The van der Waals surface area contributed by atoms with Gasteiger partial charge in [-0.05, 0) is 28.1 Å². The van der Waals surface area contributed by atoms with E-state index in [0.717, 1.165) is 0 Å². The standard InChI is InChI=1S/C12H9BrFN5O.BrH/c1-19-11-6(4-16-12(15)17-11)9(18-19)5-2-7(13)10(20)8(14)3-5;/h2-4,20H,1H3,(H2,15,16,17);1H. The summed E-state index contributed by atoms with van der Waals surface area (Å²) >= 11 is 3.10. The van der Waals surface area contributed by atoms with Crippen LogP contribution in [-0.2, 0) is 7.05 Å². The second-order valence-corrected chi connectivity index (χ2v) is 5.08. The molecule has 0 saturated carbocycles. The molecule has 3 aromatic rings. The Morgan fingerprint density at radius 3 is 2.76 bits per heavy atom. The second kappa shape index (κ2) is 5.57.